The highest BCUT2D eigenvalue weighted by atomic mass is 79.9. The second kappa shape index (κ2) is 8.20. The van der Waals surface area contributed by atoms with E-state index in [1.165, 1.54) is 12.1 Å². The van der Waals surface area contributed by atoms with Crippen molar-refractivity contribution in [3.05, 3.63) is 105 Å². The predicted molar refractivity (Wildman–Crippen MR) is 117 cm³/mol. The SMILES string of the molecule is O=[N+]([O-])c1ccc(-n2cc(C=Nc3ccc(Br)cc3)c(-c3ccccc3)n2)cc1. The van der Waals surface area contributed by atoms with Gasteiger partial charge in [0, 0.05) is 40.1 Å². The van der Waals surface area contributed by atoms with Crippen LogP contribution >= 0.6 is 15.9 Å². The molecule has 0 atom stereocenters. The van der Waals surface area contributed by atoms with Gasteiger partial charge in [-0.1, -0.05) is 46.3 Å². The molecule has 0 amide bonds. The van der Waals surface area contributed by atoms with Crippen LogP contribution in [0.4, 0.5) is 11.4 Å². The Morgan fingerprint density at radius 3 is 2.31 bits per heavy atom. The zero-order valence-electron chi connectivity index (χ0n) is 15.1. The van der Waals surface area contributed by atoms with Crippen LogP contribution in [-0.2, 0) is 0 Å². The summed E-state index contributed by atoms with van der Waals surface area (Å²) >= 11 is 3.42. The molecule has 0 aliphatic carbocycles. The van der Waals surface area contributed by atoms with Crippen molar-refractivity contribution in [2.75, 3.05) is 0 Å². The van der Waals surface area contributed by atoms with Crippen LogP contribution in [0.15, 0.2) is 94.5 Å². The molecule has 6 nitrogen and oxygen atoms in total. The van der Waals surface area contributed by atoms with Crippen molar-refractivity contribution < 1.29 is 4.92 Å². The Kier molecular flexibility index (Phi) is 5.31. The summed E-state index contributed by atoms with van der Waals surface area (Å²) in [5.74, 6) is 0. The minimum atomic E-state index is -0.418. The average molecular weight is 447 g/mol. The van der Waals surface area contributed by atoms with E-state index in [0.717, 1.165) is 32.7 Å². The van der Waals surface area contributed by atoms with Gasteiger partial charge in [-0.25, -0.2) is 4.68 Å². The molecule has 7 heteroatoms. The van der Waals surface area contributed by atoms with Gasteiger partial charge in [0.2, 0.25) is 0 Å². The predicted octanol–water partition coefficient (Wildman–Crippen LogP) is 5.96. The van der Waals surface area contributed by atoms with E-state index in [4.69, 9.17) is 5.10 Å². The van der Waals surface area contributed by atoms with Gasteiger partial charge in [0.25, 0.3) is 5.69 Å². The Morgan fingerprint density at radius 2 is 1.66 bits per heavy atom. The summed E-state index contributed by atoms with van der Waals surface area (Å²) in [4.78, 5) is 15.0. The molecule has 142 valence electrons. The van der Waals surface area contributed by atoms with Gasteiger partial charge in [0.15, 0.2) is 0 Å². The molecule has 0 saturated heterocycles. The first-order valence-electron chi connectivity index (χ1n) is 8.80. The van der Waals surface area contributed by atoms with Crippen molar-refractivity contribution in [1.29, 1.82) is 0 Å². The number of aromatic nitrogens is 2. The van der Waals surface area contributed by atoms with Crippen LogP contribution in [0.2, 0.25) is 0 Å². The number of non-ortho nitro benzene ring substituents is 1. The molecule has 0 aliphatic heterocycles. The molecule has 0 radical (unpaired) electrons. The third-order valence-corrected chi connectivity index (χ3v) is 4.82. The zero-order chi connectivity index (χ0) is 20.2. The van der Waals surface area contributed by atoms with Crippen LogP contribution < -0.4 is 0 Å². The number of benzene rings is 3. The summed E-state index contributed by atoms with van der Waals surface area (Å²) in [6.45, 7) is 0. The maximum atomic E-state index is 10.9. The number of rotatable bonds is 5. The molecule has 4 rings (SSSR count). The monoisotopic (exact) mass is 446 g/mol. The number of nitro groups is 1. The normalized spacial score (nSPS) is 11.1. The van der Waals surface area contributed by atoms with E-state index in [-0.39, 0.29) is 5.69 Å². The minimum absolute atomic E-state index is 0.0428. The van der Waals surface area contributed by atoms with Gasteiger partial charge in [-0.2, -0.15) is 5.10 Å². The largest absolute Gasteiger partial charge is 0.269 e. The average Bonchev–Trinajstić information content (AvgIpc) is 3.18. The van der Waals surface area contributed by atoms with E-state index in [0.29, 0.717) is 0 Å². The van der Waals surface area contributed by atoms with Crippen molar-refractivity contribution >= 4 is 33.5 Å². The first-order chi connectivity index (χ1) is 14.1. The van der Waals surface area contributed by atoms with Crippen LogP contribution in [0.3, 0.4) is 0 Å². The molecule has 1 aromatic heterocycles. The smallest absolute Gasteiger partial charge is 0.258 e. The van der Waals surface area contributed by atoms with Crippen LogP contribution in [0.25, 0.3) is 16.9 Å². The topological polar surface area (TPSA) is 73.3 Å². The Hall–Kier alpha value is -3.58. The molecule has 1 heterocycles. The number of halogens is 1. The number of hydrogen-bond acceptors (Lipinski definition) is 4. The molecule has 0 bridgehead atoms. The van der Waals surface area contributed by atoms with Gasteiger partial charge in [0.05, 0.1) is 16.3 Å². The third kappa shape index (κ3) is 4.30. The molecule has 0 N–H and O–H groups in total. The van der Waals surface area contributed by atoms with E-state index < -0.39 is 4.92 Å². The van der Waals surface area contributed by atoms with Crippen LogP contribution in [0.1, 0.15) is 5.56 Å². The number of hydrogen-bond donors (Lipinski definition) is 0. The molecular weight excluding hydrogens is 432 g/mol. The lowest BCUT2D eigenvalue weighted by Gasteiger charge is -2.00. The van der Waals surface area contributed by atoms with Gasteiger partial charge in [-0.05, 0) is 36.4 Å². The second-order valence-corrected chi connectivity index (χ2v) is 7.17. The van der Waals surface area contributed by atoms with E-state index in [2.05, 4.69) is 20.9 Å². The molecule has 0 unspecified atom stereocenters. The lowest BCUT2D eigenvalue weighted by molar-refractivity contribution is -0.384. The molecule has 3 aromatic carbocycles. The zero-order valence-corrected chi connectivity index (χ0v) is 16.7. The Labute approximate surface area is 175 Å². The third-order valence-electron chi connectivity index (χ3n) is 4.29. The van der Waals surface area contributed by atoms with E-state index >= 15 is 0 Å². The summed E-state index contributed by atoms with van der Waals surface area (Å²) in [5.41, 5.74) is 4.19. The molecule has 0 aliphatic rings. The first-order valence-corrected chi connectivity index (χ1v) is 9.59. The highest BCUT2D eigenvalue weighted by Crippen LogP contribution is 2.24. The fourth-order valence-corrected chi connectivity index (χ4v) is 3.10. The summed E-state index contributed by atoms with van der Waals surface area (Å²) in [5, 5.41) is 15.6. The second-order valence-electron chi connectivity index (χ2n) is 6.25. The van der Waals surface area contributed by atoms with Crippen molar-refractivity contribution in [2.45, 2.75) is 0 Å². The highest BCUT2D eigenvalue weighted by Gasteiger charge is 2.12. The fraction of sp³-hybridized carbons (Fsp3) is 0. The molecule has 0 spiro atoms. The number of aliphatic imine (C=N–C) groups is 1. The Morgan fingerprint density at radius 1 is 0.966 bits per heavy atom. The van der Waals surface area contributed by atoms with Gasteiger partial charge in [-0.3, -0.25) is 15.1 Å². The molecule has 29 heavy (non-hydrogen) atoms. The maximum absolute atomic E-state index is 10.9. The van der Waals surface area contributed by atoms with Crippen molar-refractivity contribution in [1.82, 2.24) is 9.78 Å². The van der Waals surface area contributed by atoms with E-state index in [9.17, 15) is 10.1 Å². The van der Waals surface area contributed by atoms with Gasteiger partial charge < -0.3 is 0 Å². The van der Waals surface area contributed by atoms with Crippen molar-refractivity contribution in [3.63, 3.8) is 0 Å². The van der Waals surface area contributed by atoms with E-state index in [1.807, 2.05) is 60.8 Å². The first kappa shape index (κ1) is 18.8. The molecule has 0 fully saturated rings. The summed E-state index contributed by atoms with van der Waals surface area (Å²) < 4.78 is 2.70. The van der Waals surface area contributed by atoms with Crippen LogP contribution in [-0.4, -0.2) is 20.9 Å². The molecule has 0 saturated carbocycles. The van der Waals surface area contributed by atoms with Crippen molar-refractivity contribution in [2.24, 2.45) is 4.99 Å². The lowest BCUT2D eigenvalue weighted by atomic mass is 10.1. The van der Waals surface area contributed by atoms with Crippen LogP contribution in [0, 0.1) is 10.1 Å². The highest BCUT2D eigenvalue weighted by molar-refractivity contribution is 9.10. The standard InChI is InChI=1S/C22H15BrN4O2/c23-18-6-8-19(9-7-18)24-14-17-15-26(20-10-12-21(13-11-20)27(28)29)25-22(17)16-4-2-1-3-5-16/h1-15H. The summed E-state index contributed by atoms with van der Waals surface area (Å²) in [7, 11) is 0. The molecular formula is C22H15BrN4O2. The van der Waals surface area contributed by atoms with E-state index in [1.54, 1.807) is 23.0 Å². The Balaban J connectivity index is 1.74. The molecule has 4 aromatic rings. The fourth-order valence-electron chi connectivity index (χ4n) is 2.83. The maximum Gasteiger partial charge on any atom is 0.269 e. The van der Waals surface area contributed by atoms with Gasteiger partial charge in [-0.15, -0.1) is 0 Å². The van der Waals surface area contributed by atoms with Crippen molar-refractivity contribution in [3.8, 4) is 16.9 Å². The van der Waals surface area contributed by atoms with Crippen LogP contribution in [0.5, 0.6) is 0 Å². The number of nitrogens with zero attached hydrogens (tertiary/aromatic N) is 4. The van der Waals surface area contributed by atoms with Gasteiger partial charge >= 0.3 is 0 Å². The lowest BCUT2D eigenvalue weighted by Crippen LogP contribution is -1.95. The summed E-state index contributed by atoms with van der Waals surface area (Å²) in [6.07, 6.45) is 3.65. The quantitative estimate of drug-likeness (QED) is 0.215. The summed E-state index contributed by atoms with van der Waals surface area (Å²) in [6, 6.07) is 23.8. The Bertz CT molecular complexity index is 1170. The van der Waals surface area contributed by atoms with Gasteiger partial charge in [0.1, 0.15) is 5.69 Å². The minimum Gasteiger partial charge on any atom is -0.258 e. The number of nitro benzene ring substituents is 1.